The van der Waals surface area contributed by atoms with Crippen LogP contribution >= 0.6 is 0 Å². The Labute approximate surface area is 195 Å². The lowest BCUT2D eigenvalue weighted by Gasteiger charge is -2.19. The van der Waals surface area contributed by atoms with Crippen LogP contribution in [0.4, 0.5) is 0 Å². The lowest BCUT2D eigenvalue weighted by atomic mass is 9.87. The van der Waals surface area contributed by atoms with Gasteiger partial charge in [0.1, 0.15) is 11.5 Å². The van der Waals surface area contributed by atoms with Crippen LogP contribution in [0, 0.1) is 0 Å². The number of aromatic nitrogens is 1. The Morgan fingerprint density at radius 3 is 2.27 bits per heavy atom. The summed E-state index contributed by atoms with van der Waals surface area (Å²) in [5.74, 6) is 1.26. The summed E-state index contributed by atoms with van der Waals surface area (Å²) in [5, 5.41) is 4.24. The molecule has 5 nitrogen and oxygen atoms in total. The molecule has 170 valence electrons. The zero-order valence-corrected chi connectivity index (χ0v) is 19.4. The molecule has 0 saturated carbocycles. The highest BCUT2D eigenvalue weighted by Crippen LogP contribution is 2.37. The molecule has 1 heterocycles. The molecule has 0 fully saturated rings. The number of nitrogens with zero attached hydrogens (tertiary/aromatic N) is 1. The van der Waals surface area contributed by atoms with Crippen LogP contribution in [0.3, 0.4) is 0 Å². The van der Waals surface area contributed by atoms with Gasteiger partial charge in [0.15, 0.2) is 0 Å². The van der Waals surface area contributed by atoms with E-state index in [1.807, 2.05) is 54.6 Å². The third kappa shape index (κ3) is 5.03. The van der Waals surface area contributed by atoms with Crippen LogP contribution < -0.4 is 14.8 Å². The summed E-state index contributed by atoms with van der Waals surface area (Å²) in [5.41, 5.74) is 4.35. The van der Waals surface area contributed by atoms with Crippen LogP contribution in [0.25, 0.3) is 10.9 Å². The van der Waals surface area contributed by atoms with E-state index in [0.717, 1.165) is 28.6 Å². The Bertz CT molecular complexity index is 1210. The van der Waals surface area contributed by atoms with Crippen molar-refractivity contribution in [3.8, 4) is 11.5 Å². The van der Waals surface area contributed by atoms with Gasteiger partial charge in [0.2, 0.25) is 5.91 Å². The van der Waals surface area contributed by atoms with Crippen molar-refractivity contribution < 1.29 is 14.3 Å². The number of rotatable bonds is 9. The van der Waals surface area contributed by atoms with Crippen LogP contribution in [0.1, 0.15) is 36.0 Å². The van der Waals surface area contributed by atoms with Crippen molar-refractivity contribution in [3.05, 3.63) is 95.7 Å². The predicted molar refractivity (Wildman–Crippen MR) is 132 cm³/mol. The Kier molecular flexibility index (Phi) is 6.98. The molecule has 5 heteroatoms. The van der Waals surface area contributed by atoms with E-state index in [1.54, 1.807) is 14.2 Å². The van der Waals surface area contributed by atoms with Gasteiger partial charge in [-0.05, 0) is 41.8 Å². The van der Waals surface area contributed by atoms with E-state index in [4.69, 9.17) is 9.47 Å². The topological polar surface area (TPSA) is 52.5 Å². The van der Waals surface area contributed by atoms with Crippen LogP contribution in [-0.2, 0) is 17.9 Å². The average Bonchev–Trinajstić information content (AvgIpc) is 3.25. The highest BCUT2D eigenvalue weighted by molar-refractivity contribution is 5.86. The van der Waals surface area contributed by atoms with Gasteiger partial charge >= 0.3 is 0 Å². The molecular formula is C28H30N2O3. The van der Waals surface area contributed by atoms with E-state index in [9.17, 15) is 4.79 Å². The molecule has 0 aliphatic heterocycles. The fourth-order valence-electron chi connectivity index (χ4n) is 4.31. The minimum absolute atomic E-state index is 0.000954. The van der Waals surface area contributed by atoms with Gasteiger partial charge in [-0.3, -0.25) is 4.79 Å². The van der Waals surface area contributed by atoms with Crippen molar-refractivity contribution >= 4 is 16.8 Å². The third-order valence-electron chi connectivity index (χ3n) is 6.03. The highest BCUT2D eigenvalue weighted by Gasteiger charge is 2.24. The molecule has 0 aliphatic rings. The molecule has 1 atom stereocenters. The van der Waals surface area contributed by atoms with Crippen molar-refractivity contribution in [2.45, 2.75) is 32.4 Å². The minimum Gasteiger partial charge on any atom is -0.497 e. The fourth-order valence-corrected chi connectivity index (χ4v) is 4.31. The van der Waals surface area contributed by atoms with E-state index in [-0.39, 0.29) is 11.8 Å². The van der Waals surface area contributed by atoms with Gasteiger partial charge in [0.25, 0.3) is 0 Å². The van der Waals surface area contributed by atoms with E-state index in [2.05, 4.69) is 41.2 Å². The SMILES string of the molecule is CCn1cc([C@@H](CC(=O)NCc2ccccc2)c2cc(OC)cc(OC)c2)c2ccccc21. The largest absolute Gasteiger partial charge is 0.497 e. The number of para-hydroxylation sites is 1. The van der Waals surface area contributed by atoms with E-state index in [1.165, 1.54) is 5.52 Å². The lowest BCUT2D eigenvalue weighted by Crippen LogP contribution is -2.25. The van der Waals surface area contributed by atoms with Gasteiger partial charge in [0.05, 0.1) is 14.2 Å². The number of carbonyl (C=O) groups excluding carboxylic acids is 1. The number of ether oxygens (including phenoxy) is 2. The molecule has 0 saturated heterocycles. The molecule has 4 rings (SSSR count). The van der Waals surface area contributed by atoms with E-state index in [0.29, 0.717) is 24.5 Å². The van der Waals surface area contributed by atoms with Crippen LogP contribution in [0.15, 0.2) is 79.0 Å². The molecule has 33 heavy (non-hydrogen) atoms. The van der Waals surface area contributed by atoms with Crippen molar-refractivity contribution in [1.82, 2.24) is 9.88 Å². The number of hydrogen-bond donors (Lipinski definition) is 1. The zero-order chi connectivity index (χ0) is 23.2. The summed E-state index contributed by atoms with van der Waals surface area (Å²) < 4.78 is 13.3. The van der Waals surface area contributed by atoms with Crippen LogP contribution in [-0.4, -0.2) is 24.7 Å². The van der Waals surface area contributed by atoms with Crippen molar-refractivity contribution in [3.63, 3.8) is 0 Å². The summed E-state index contributed by atoms with van der Waals surface area (Å²) >= 11 is 0. The first-order valence-electron chi connectivity index (χ1n) is 11.2. The second-order valence-electron chi connectivity index (χ2n) is 8.05. The van der Waals surface area contributed by atoms with E-state index < -0.39 is 0 Å². The number of methoxy groups -OCH3 is 2. The standard InChI is InChI=1S/C28H30N2O3/c1-4-30-19-26(24-12-8-9-13-27(24)30)25(21-14-22(32-2)16-23(15-21)33-3)17-28(31)29-18-20-10-6-5-7-11-20/h5-16,19,25H,4,17-18H2,1-3H3,(H,29,31)/t25-/m0/s1. The van der Waals surface area contributed by atoms with Gasteiger partial charge in [-0.25, -0.2) is 0 Å². The molecule has 1 amide bonds. The number of benzene rings is 3. The van der Waals surface area contributed by atoms with Gasteiger partial charge in [-0.2, -0.15) is 0 Å². The first-order valence-corrected chi connectivity index (χ1v) is 11.2. The molecule has 3 aromatic carbocycles. The van der Waals surface area contributed by atoms with E-state index >= 15 is 0 Å². The molecule has 4 aromatic rings. The maximum absolute atomic E-state index is 13.1. The molecule has 0 bridgehead atoms. The summed E-state index contributed by atoms with van der Waals surface area (Å²) in [4.78, 5) is 13.1. The zero-order valence-electron chi connectivity index (χ0n) is 19.4. The molecular weight excluding hydrogens is 412 g/mol. The molecule has 0 unspecified atom stereocenters. The molecule has 0 radical (unpaired) electrons. The van der Waals surface area contributed by atoms with Crippen molar-refractivity contribution in [1.29, 1.82) is 0 Å². The van der Waals surface area contributed by atoms with Gasteiger partial charge in [0, 0.05) is 48.6 Å². The summed E-state index contributed by atoms with van der Waals surface area (Å²) in [7, 11) is 3.28. The minimum atomic E-state index is -0.150. The van der Waals surface area contributed by atoms with Crippen molar-refractivity contribution in [2.24, 2.45) is 0 Å². The number of nitrogens with one attached hydrogen (secondary N) is 1. The summed E-state index contributed by atoms with van der Waals surface area (Å²) in [6.07, 6.45) is 2.49. The number of aryl methyl sites for hydroxylation is 1. The smallest absolute Gasteiger partial charge is 0.221 e. The first kappa shape index (κ1) is 22.5. The number of fused-ring (bicyclic) bond motifs is 1. The second-order valence-corrected chi connectivity index (χ2v) is 8.05. The Hall–Kier alpha value is -3.73. The monoisotopic (exact) mass is 442 g/mol. The molecule has 1 aromatic heterocycles. The summed E-state index contributed by atoms with van der Waals surface area (Å²) in [6, 6.07) is 24.2. The molecule has 0 aliphatic carbocycles. The first-order chi connectivity index (χ1) is 16.1. The maximum atomic E-state index is 13.1. The van der Waals surface area contributed by atoms with Gasteiger partial charge in [-0.1, -0.05) is 48.5 Å². The third-order valence-corrected chi connectivity index (χ3v) is 6.03. The van der Waals surface area contributed by atoms with Crippen LogP contribution in [0.2, 0.25) is 0 Å². The molecule has 0 spiro atoms. The quantitative estimate of drug-likeness (QED) is 0.371. The molecule has 1 N–H and O–H groups in total. The number of amides is 1. The summed E-state index contributed by atoms with van der Waals surface area (Å²) in [6.45, 7) is 3.49. The van der Waals surface area contributed by atoms with Gasteiger partial charge in [-0.15, -0.1) is 0 Å². The van der Waals surface area contributed by atoms with Gasteiger partial charge < -0.3 is 19.4 Å². The Morgan fingerprint density at radius 2 is 1.61 bits per heavy atom. The Balaban J connectivity index is 1.73. The average molecular weight is 443 g/mol. The van der Waals surface area contributed by atoms with Crippen LogP contribution in [0.5, 0.6) is 11.5 Å². The number of carbonyl (C=O) groups is 1. The fraction of sp³-hybridized carbons (Fsp3) is 0.250. The predicted octanol–water partition coefficient (Wildman–Crippen LogP) is 5.52. The lowest BCUT2D eigenvalue weighted by molar-refractivity contribution is -0.121. The highest BCUT2D eigenvalue weighted by atomic mass is 16.5. The second kappa shape index (κ2) is 10.3. The Morgan fingerprint density at radius 1 is 0.939 bits per heavy atom. The van der Waals surface area contributed by atoms with Crippen molar-refractivity contribution in [2.75, 3.05) is 14.2 Å². The number of hydrogen-bond acceptors (Lipinski definition) is 3. The maximum Gasteiger partial charge on any atom is 0.221 e. The normalized spacial score (nSPS) is 11.8.